The van der Waals surface area contributed by atoms with Crippen molar-refractivity contribution < 1.29 is 0 Å². The van der Waals surface area contributed by atoms with Crippen LogP contribution in [-0.2, 0) is 0 Å². The molecule has 18 heavy (non-hydrogen) atoms. The molecule has 3 atom stereocenters. The standard InChI is InChI=1S/C13H16ClN3S/c1-4-6-9(7-5-2)12-16-11(14)10(8-15)13(17-12)18-3/h1,9-10,13H,5-7H2,2-3H3. The maximum absolute atomic E-state index is 9.06. The predicted molar refractivity (Wildman–Crippen MR) is 79.0 cm³/mol. The Morgan fingerprint density at radius 1 is 1.61 bits per heavy atom. The first-order valence-electron chi connectivity index (χ1n) is 5.85. The number of halogens is 1. The fourth-order valence-electron chi connectivity index (χ4n) is 1.85. The fourth-order valence-corrected chi connectivity index (χ4v) is 2.85. The minimum Gasteiger partial charge on any atom is -0.254 e. The average molecular weight is 282 g/mol. The van der Waals surface area contributed by atoms with E-state index in [1.165, 1.54) is 11.8 Å². The molecule has 1 rings (SSSR count). The van der Waals surface area contributed by atoms with Crippen molar-refractivity contribution in [3.8, 4) is 18.4 Å². The summed E-state index contributed by atoms with van der Waals surface area (Å²) in [5.41, 5.74) is 0. The lowest BCUT2D eigenvalue weighted by Crippen LogP contribution is -2.29. The summed E-state index contributed by atoms with van der Waals surface area (Å²) in [6.07, 6.45) is 9.86. The minimum atomic E-state index is -0.446. The zero-order chi connectivity index (χ0) is 13.5. The van der Waals surface area contributed by atoms with Gasteiger partial charge in [-0.15, -0.1) is 24.1 Å². The molecule has 96 valence electrons. The third kappa shape index (κ3) is 3.51. The van der Waals surface area contributed by atoms with Crippen LogP contribution in [0.2, 0.25) is 0 Å². The number of terminal acetylenes is 1. The molecule has 0 aromatic heterocycles. The van der Waals surface area contributed by atoms with E-state index in [0.717, 1.165) is 12.8 Å². The van der Waals surface area contributed by atoms with Gasteiger partial charge in [0.2, 0.25) is 0 Å². The summed E-state index contributed by atoms with van der Waals surface area (Å²) in [7, 11) is 0. The van der Waals surface area contributed by atoms with Gasteiger partial charge in [-0.2, -0.15) is 5.26 Å². The summed E-state index contributed by atoms with van der Waals surface area (Å²) in [5, 5.41) is 9.22. The quantitative estimate of drug-likeness (QED) is 0.726. The second kappa shape index (κ2) is 7.46. The molecule has 0 aromatic rings. The van der Waals surface area contributed by atoms with Crippen LogP contribution in [-0.4, -0.2) is 22.6 Å². The number of amidine groups is 1. The summed E-state index contributed by atoms with van der Waals surface area (Å²) in [4.78, 5) is 8.80. The monoisotopic (exact) mass is 281 g/mol. The van der Waals surface area contributed by atoms with E-state index in [2.05, 4.69) is 28.9 Å². The fraction of sp³-hybridized carbons (Fsp3) is 0.615. The Bertz CT molecular complexity index is 430. The Morgan fingerprint density at radius 3 is 2.83 bits per heavy atom. The highest BCUT2D eigenvalue weighted by Gasteiger charge is 2.30. The molecule has 0 bridgehead atoms. The van der Waals surface area contributed by atoms with E-state index in [0.29, 0.717) is 17.4 Å². The van der Waals surface area contributed by atoms with E-state index in [9.17, 15) is 0 Å². The Balaban J connectivity index is 2.99. The number of hydrogen-bond donors (Lipinski definition) is 0. The van der Waals surface area contributed by atoms with E-state index in [4.69, 9.17) is 23.3 Å². The Hall–Kier alpha value is -0.970. The maximum atomic E-state index is 9.06. The van der Waals surface area contributed by atoms with Crippen molar-refractivity contribution in [3.05, 3.63) is 0 Å². The smallest absolute Gasteiger partial charge is 0.131 e. The van der Waals surface area contributed by atoms with Crippen LogP contribution in [0.25, 0.3) is 0 Å². The van der Waals surface area contributed by atoms with Crippen LogP contribution >= 0.6 is 23.4 Å². The largest absolute Gasteiger partial charge is 0.254 e. The number of nitrogens with zero attached hydrogens (tertiary/aromatic N) is 3. The Morgan fingerprint density at radius 2 is 2.33 bits per heavy atom. The van der Waals surface area contributed by atoms with Crippen LogP contribution in [0.3, 0.4) is 0 Å². The topological polar surface area (TPSA) is 48.5 Å². The normalized spacial score (nSPS) is 24.5. The molecule has 0 spiro atoms. The van der Waals surface area contributed by atoms with Gasteiger partial charge in [-0.1, -0.05) is 24.9 Å². The summed E-state index contributed by atoms with van der Waals surface area (Å²) in [6.45, 7) is 2.10. The van der Waals surface area contributed by atoms with Crippen LogP contribution in [0.4, 0.5) is 0 Å². The number of aliphatic imine (C=N–C) groups is 2. The lowest BCUT2D eigenvalue weighted by molar-refractivity contribution is 0.615. The molecule has 1 aliphatic heterocycles. The second-order valence-electron chi connectivity index (χ2n) is 4.05. The first-order chi connectivity index (χ1) is 8.67. The molecule has 3 nitrogen and oxygen atoms in total. The van der Waals surface area contributed by atoms with E-state index < -0.39 is 5.92 Å². The predicted octanol–water partition coefficient (Wildman–Crippen LogP) is 3.30. The van der Waals surface area contributed by atoms with Crippen LogP contribution in [0, 0.1) is 35.5 Å². The van der Waals surface area contributed by atoms with E-state index >= 15 is 0 Å². The molecule has 3 unspecified atom stereocenters. The van der Waals surface area contributed by atoms with Gasteiger partial charge in [-0.25, -0.2) is 4.99 Å². The van der Waals surface area contributed by atoms with Crippen molar-refractivity contribution in [2.45, 2.75) is 31.6 Å². The van der Waals surface area contributed by atoms with Gasteiger partial charge in [-0.3, -0.25) is 4.99 Å². The van der Waals surface area contributed by atoms with Gasteiger partial charge in [0.15, 0.2) is 0 Å². The van der Waals surface area contributed by atoms with Crippen molar-refractivity contribution in [2.75, 3.05) is 6.26 Å². The molecule has 0 saturated heterocycles. The van der Waals surface area contributed by atoms with Gasteiger partial charge in [0, 0.05) is 12.3 Å². The van der Waals surface area contributed by atoms with Gasteiger partial charge in [0.05, 0.1) is 6.07 Å². The highest BCUT2D eigenvalue weighted by molar-refractivity contribution is 7.99. The third-order valence-electron chi connectivity index (χ3n) is 2.77. The molecule has 1 heterocycles. The molecular formula is C13H16ClN3S. The number of thioether (sulfide) groups is 1. The number of rotatable bonds is 5. The highest BCUT2D eigenvalue weighted by Crippen LogP contribution is 2.28. The van der Waals surface area contributed by atoms with Crippen molar-refractivity contribution >= 4 is 34.4 Å². The van der Waals surface area contributed by atoms with E-state index in [1.54, 1.807) is 0 Å². The summed E-state index contributed by atoms with van der Waals surface area (Å²) < 4.78 is 0. The van der Waals surface area contributed by atoms with Crippen molar-refractivity contribution in [1.29, 1.82) is 5.26 Å². The molecule has 0 radical (unpaired) electrons. The van der Waals surface area contributed by atoms with Gasteiger partial charge in [0.25, 0.3) is 0 Å². The molecule has 0 aromatic carbocycles. The average Bonchev–Trinajstić information content (AvgIpc) is 2.37. The first-order valence-corrected chi connectivity index (χ1v) is 7.52. The van der Waals surface area contributed by atoms with Crippen LogP contribution in [0.5, 0.6) is 0 Å². The summed E-state index contributed by atoms with van der Waals surface area (Å²) in [5.74, 6) is 3.05. The molecule has 0 saturated carbocycles. The summed E-state index contributed by atoms with van der Waals surface area (Å²) in [6, 6.07) is 2.15. The van der Waals surface area contributed by atoms with Crippen molar-refractivity contribution in [1.82, 2.24) is 0 Å². The van der Waals surface area contributed by atoms with Crippen molar-refractivity contribution in [3.63, 3.8) is 0 Å². The molecule has 0 fully saturated rings. The lowest BCUT2D eigenvalue weighted by Gasteiger charge is -2.23. The first kappa shape index (κ1) is 15.1. The molecular weight excluding hydrogens is 266 g/mol. The van der Waals surface area contributed by atoms with Gasteiger partial charge >= 0.3 is 0 Å². The molecule has 5 heteroatoms. The van der Waals surface area contributed by atoms with Crippen molar-refractivity contribution in [2.24, 2.45) is 21.8 Å². The van der Waals surface area contributed by atoms with Gasteiger partial charge < -0.3 is 0 Å². The number of hydrogen-bond acceptors (Lipinski definition) is 4. The molecule has 0 amide bonds. The zero-order valence-electron chi connectivity index (χ0n) is 10.6. The summed E-state index contributed by atoms with van der Waals surface area (Å²) >= 11 is 7.59. The van der Waals surface area contributed by atoms with E-state index in [1.807, 2.05) is 6.26 Å². The highest BCUT2D eigenvalue weighted by atomic mass is 35.5. The SMILES string of the molecule is C#CCC(CCC)C1=NC(SC)C(C#N)C(Cl)=N1. The molecule has 0 aliphatic carbocycles. The lowest BCUT2D eigenvalue weighted by atomic mass is 9.98. The van der Waals surface area contributed by atoms with Crippen LogP contribution in [0.15, 0.2) is 9.98 Å². The minimum absolute atomic E-state index is 0.142. The maximum Gasteiger partial charge on any atom is 0.131 e. The second-order valence-corrected chi connectivity index (χ2v) is 5.39. The van der Waals surface area contributed by atoms with E-state index in [-0.39, 0.29) is 11.3 Å². The molecule has 1 aliphatic rings. The molecule has 0 N–H and O–H groups in total. The van der Waals surface area contributed by atoms with Gasteiger partial charge in [-0.05, 0) is 12.7 Å². The Kier molecular flexibility index (Phi) is 6.25. The van der Waals surface area contributed by atoms with Gasteiger partial charge in [0.1, 0.15) is 22.3 Å². The van der Waals surface area contributed by atoms with Crippen LogP contribution in [0.1, 0.15) is 26.2 Å². The Labute approximate surface area is 118 Å². The third-order valence-corrected chi connectivity index (χ3v) is 3.95. The number of nitriles is 1. The van der Waals surface area contributed by atoms with Crippen LogP contribution < -0.4 is 0 Å². The zero-order valence-corrected chi connectivity index (χ0v) is 12.1.